The van der Waals surface area contributed by atoms with E-state index < -0.39 is 23.9 Å². The van der Waals surface area contributed by atoms with Gasteiger partial charge in [-0.15, -0.1) is 0 Å². The van der Waals surface area contributed by atoms with Crippen LogP contribution >= 0.6 is 0 Å². The van der Waals surface area contributed by atoms with Crippen LogP contribution in [0.3, 0.4) is 0 Å². The molecule has 0 aromatic heterocycles. The largest absolute Gasteiger partial charge is 0.480 e. The Bertz CT molecular complexity index is 288. The lowest BCUT2D eigenvalue weighted by Crippen LogP contribution is -2.34. The fourth-order valence-electron chi connectivity index (χ4n) is 1.20. The Kier molecular flexibility index (Phi) is 6.83. The minimum absolute atomic E-state index is 0.269. The van der Waals surface area contributed by atoms with Crippen molar-refractivity contribution in [3.8, 4) is 0 Å². The number of carboxylic acid groups (broad SMARTS) is 2. The molecule has 0 aromatic carbocycles. The lowest BCUT2D eigenvalue weighted by atomic mass is 10.2. The molecule has 0 bridgehead atoms. The van der Waals surface area contributed by atoms with Crippen LogP contribution in [0.4, 0.5) is 0 Å². The number of nitrogens with one attached hydrogen (secondary N) is 1. The molecule has 1 aliphatic heterocycles. The van der Waals surface area contributed by atoms with Gasteiger partial charge in [-0.3, -0.25) is 14.4 Å². The number of carboxylic acids is 2. The van der Waals surface area contributed by atoms with Crippen molar-refractivity contribution in [2.24, 2.45) is 11.5 Å². The van der Waals surface area contributed by atoms with Crippen molar-refractivity contribution >= 4 is 17.8 Å². The van der Waals surface area contributed by atoms with Gasteiger partial charge in [-0.1, -0.05) is 0 Å². The number of hydrogen-bond donors (Lipinski definition) is 5. The Hall–Kier alpha value is -1.67. The molecule has 0 aliphatic carbocycles. The second kappa shape index (κ2) is 7.58. The first-order valence-electron chi connectivity index (χ1n) is 5.07. The van der Waals surface area contributed by atoms with Crippen molar-refractivity contribution in [1.82, 2.24) is 5.32 Å². The highest BCUT2D eigenvalue weighted by Crippen LogP contribution is 2.03. The maximum absolute atomic E-state index is 10.1. The van der Waals surface area contributed by atoms with Crippen LogP contribution in [-0.4, -0.2) is 46.7 Å². The molecule has 8 heteroatoms. The van der Waals surface area contributed by atoms with Gasteiger partial charge in [0.1, 0.15) is 12.1 Å². The van der Waals surface area contributed by atoms with Gasteiger partial charge in [0, 0.05) is 0 Å². The van der Waals surface area contributed by atoms with Gasteiger partial charge in [-0.05, 0) is 19.4 Å². The third kappa shape index (κ3) is 7.25. The van der Waals surface area contributed by atoms with E-state index in [1.54, 1.807) is 0 Å². The highest BCUT2D eigenvalue weighted by molar-refractivity contribution is 5.83. The number of rotatable bonds is 4. The average molecular weight is 247 g/mol. The van der Waals surface area contributed by atoms with Crippen LogP contribution in [0.2, 0.25) is 0 Å². The summed E-state index contributed by atoms with van der Waals surface area (Å²) < 4.78 is 0. The molecule has 1 amide bonds. The predicted octanol–water partition coefficient (Wildman–Crippen LogP) is -1.90. The smallest absolute Gasteiger partial charge is 0.321 e. The molecule has 0 radical (unpaired) electrons. The van der Waals surface area contributed by atoms with Crippen LogP contribution in [0.25, 0.3) is 0 Å². The number of primary amides is 1. The standard InChI is InChI=1S/C5H9NO2.C4H8N2O3/c7-5(8)4-2-1-3-6-4;5-2(4(8)9)1-3(6)7/h4,6H,1-3H2,(H,7,8);2H,1,5H2,(H2,6,7)(H,8,9)/t;2-/m.0/s1. The average Bonchev–Trinajstić information content (AvgIpc) is 2.69. The number of aliphatic carboxylic acids is 2. The molecule has 1 heterocycles. The maximum Gasteiger partial charge on any atom is 0.321 e. The molecule has 1 fully saturated rings. The van der Waals surface area contributed by atoms with Crippen molar-refractivity contribution in [2.45, 2.75) is 31.3 Å². The Balaban J connectivity index is 0.000000302. The number of nitrogens with two attached hydrogens (primary N) is 2. The molecule has 1 unspecified atom stereocenters. The van der Waals surface area contributed by atoms with E-state index in [0.717, 1.165) is 19.4 Å². The van der Waals surface area contributed by atoms with E-state index in [-0.39, 0.29) is 12.5 Å². The fraction of sp³-hybridized carbons (Fsp3) is 0.667. The first kappa shape index (κ1) is 15.3. The third-order valence-corrected chi connectivity index (χ3v) is 2.10. The van der Waals surface area contributed by atoms with Crippen LogP contribution in [0.5, 0.6) is 0 Å². The number of hydrogen-bond acceptors (Lipinski definition) is 5. The Labute approximate surface area is 98.0 Å². The molecule has 7 N–H and O–H groups in total. The molecule has 1 aliphatic rings. The molecule has 98 valence electrons. The highest BCUT2D eigenvalue weighted by Gasteiger charge is 2.20. The van der Waals surface area contributed by atoms with Gasteiger partial charge in [-0.25, -0.2) is 0 Å². The van der Waals surface area contributed by atoms with E-state index in [4.69, 9.17) is 15.9 Å². The molecule has 0 aromatic rings. The van der Waals surface area contributed by atoms with Crippen LogP contribution in [0, 0.1) is 0 Å². The van der Waals surface area contributed by atoms with E-state index in [9.17, 15) is 14.4 Å². The van der Waals surface area contributed by atoms with E-state index >= 15 is 0 Å². The quantitative estimate of drug-likeness (QED) is 0.388. The Morgan fingerprint density at radius 1 is 1.35 bits per heavy atom. The molecule has 1 rings (SSSR count). The van der Waals surface area contributed by atoms with E-state index in [2.05, 4.69) is 11.1 Å². The Morgan fingerprint density at radius 3 is 2.12 bits per heavy atom. The minimum atomic E-state index is -1.21. The SMILES string of the molecule is NC(=O)C[C@H](N)C(=O)O.O=C(O)C1CCCN1. The van der Waals surface area contributed by atoms with Gasteiger partial charge in [-0.2, -0.15) is 0 Å². The third-order valence-electron chi connectivity index (χ3n) is 2.10. The molecule has 0 spiro atoms. The summed E-state index contributed by atoms with van der Waals surface area (Å²) in [6.45, 7) is 0.858. The van der Waals surface area contributed by atoms with Crippen molar-refractivity contribution in [2.75, 3.05) is 6.54 Å². The fourth-order valence-corrected chi connectivity index (χ4v) is 1.20. The maximum atomic E-state index is 10.1. The van der Waals surface area contributed by atoms with Gasteiger partial charge in [0.2, 0.25) is 5.91 Å². The summed E-state index contributed by atoms with van der Waals surface area (Å²) in [5, 5.41) is 19.3. The molecular weight excluding hydrogens is 230 g/mol. The van der Waals surface area contributed by atoms with Crippen LogP contribution < -0.4 is 16.8 Å². The zero-order chi connectivity index (χ0) is 13.4. The first-order chi connectivity index (χ1) is 7.84. The Morgan fingerprint density at radius 2 is 1.94 bits per heavy atom. The zero-order valence-corrected chi connectivity index (χ0v) is 9.26. The summed E-state index contributed by atoms with van der Waals surface area (Å²) >= 11 is 0. The van der Waals surface area contributed by atoms with Crippen molar-refractivity contribution in [3.63, 3.8) is 0 Å². The summed E-state index contributed by atoms with van der Waals surface area (Å²) in [7, 11) is 0. The monoisotopic (exact) mass is 247 g/mol. The van der Waals surface area contributed by atoms with Crippen LogP contribution in [0.15, 0.2) is 0 Å². The summed E-state index contributed by atoms with van der Waals surface area (Å²) in [6.07, 6.45) is 1.47. The summed E-state index contributed by atoms with van der Waals surface area (Å²) in [6, 6.07) is -1.43. The molecule has 8 nitrogen and oxygen atoms in total. The van der Waals surface area contributed by atoms with Crippen LogP contribution in [0.1, 0.15) is 19.3 Å². The molecule has 0 saturated carbocycles. The van der Waals surface area contributed by atoms with Crippen molar-refractivity contribution in [3.05, 3.63) is 0 Å². The van der Waals surface area contributed by atoms with Gasteiger partial charge in [0.15, 0.2) is 0 Å². The number of carbonyl (C=O) groups excluding carboxylic acids is 1. The van der Waals surface area contributed by atoms with Crippen molar-refractivity contribution < 1.29 is 24.6 Å². The van der Waals surface area contributed by atoms with Gasteiger partial charge < -0.3 is 27.0 Å². The topological polar surface area (TPSA) is 156 Å². The summed E-state index contributed by atoms with van der Waals surface area (Å²) in [5.41, 5.74) is 9.57. The second-order valence-corrected chi connectivity index (χ2v) is 3.60. The van der Waals surface area contributed by atoms with Gasteiger partial charge in [0.05, 0.1) is 6.42 Å². The van der Waals surface area contributed by atoms with Crippen molar-refractivity contribution in [1.29, 1.82) is 0 Å². The molecule has 17 heavy (non-hydrogen) atoms. The summed E-state index contributed by atoms with van der Waals surface area (Å²) in [5.74, 6) is -2.64. The zero-order valence-electron chi connectivity index (χ0n) is 9.26. The minimum Gasteiger partial charge on any atom is -0.480 e. The summed E-state index contributed by atoms with van der Waals surface area (Å²) in [4.78, 5) is 30.0. The molecule has 1 saturated heterocycles. The number of amides is 1. The predicted molar refractivity (Wildman–Crippen MR) is 58.1 cm³/mol. The van der Waals surface area contributed by atoms with E-state index in [0.29, 0.717) is 0 Å². The molecular formula is C9H17N3O5. The van der Waals surface area contributed by atoms with Gasteiger partial charge in [0.25, 0.3) is 0 Å². The second-order valence-electron chi connectivity index (χ2n) is 3.60. The first-order valence-corrected chi connectivity index (χ1v) is 5.07. The highest BCUT2D eigenvalue weighted by atomic mass is 16.4. The number of carbonyl (C=O) groups is 3. The normalized spacial score (nSPS) is 19.9. The van der Waals surface area contributed by atoms with Gasteiger partial charge >= 0.3 is 11.9 Å². The molecule has 2 atom stereocenters. The van der Waals surface area contributed by atoms with E-state index in [1.165, 1.54) is 0 Å². The lowest BCUT2D eigenvalue weighted by Gasteiger charge is -1.99. The lowest BCUT2D eigenvalue weighted by molar-refractivity contribution is -0.140. The van der Waals surface area contributed by atoms with E-state index in [1.807, 2.05) is 0 Å². The van der Waals surface area contributed by atoms with Crippen LogP contribution in [-0.2, 0) is 14.4 Å².